The van der Waals surface area contributed by atoms with Crippen LogP contribution >= 0.6 is 0 Å². The smallest absolute Gasteiger partial charge is 0.336 e. The number of nitrogens with zero attached hydrogens (tertiary/aromatic N) is 1. The van der Waals surface area contributed by atoms with Crippen molar-refractivity contribution in [1.29, 1.82) is 0 Å². The Morgan fingerprint density at radius 3 is 2.58 bits per heavy atom. The van der Waals surface area contributed by atoms with Crippen LogP contribution < -0.4 is 16.8 Å². The van der Waals surface area contributed by atoms with Gasteiger partial charge in [0.25, 0.3) is 5.91 Å². The van der Waals surface area contributed by atoms with Crippen molar-refractivity contribution in [2.45, 2.75) is 0 Å². The van der Waals surface area contributed by atoms with Crippen LogP contribution in [0, 0.1) is 0 Å². The molecule has 0 radical (unpaired) electrons. The first-order valence-corrected chi connectivity index (χ1v) is 6.99. The largest absolute Gasteiger partial charge is 0.507 e. The average molecular weight is 323 g/mol. The van der Waals surface area contributed by atoms with Crippen LogP contribution in [0.25, 0.3) is 11.0 Å². The second-order valence-electron chi connectivity index (χ2n) is 4.99. The molecule has 1 heterocycles. The van der Waals surface area contributed by atoms with Crippen LogP contribution in [-0.2, 0) is 0 Å². The number of carbonyl (C=O) groups excluding carboxylic acids is 1. The standard InChI is InChI=1S/C17H13N3O4/c18-12-5-1-11(2-6-12)17(23)20-19-9-13-14(21)7-3-10-4-8-15(22)24-16(10)13/h1-9,21H,18H2,(H,20,23)/b19-9+. The summed E-state index contributed by atoms with van der Waals surface area (Å²) in [6.45, 7) is 0. The topological polar surface area (TPSA) is 118 Å². The number of carbonyl (C=O) groups is 1. The van der Waals surface area contributed by atoms with E-state index in [0.29, 0.717) is 16.6 Å². The van der Waals surface area contributed by atoms with Crippen molar-refractivity contribution in [3.8, 4) is 5.75 Å². The van der Waals surface area contributed by atoms with E-state index in [1.165, 1.54) is 18.3 Å². The second-order valence-corrected chi connectivity index (χ2v) is 4.99. The molecular weight excluding hydrogens is 310 g/mol. The second kappa shape index (κ2) is 6.25. The highest BCUT2D eigenvalue weighted by molar-refractivity contribution is 6.00. The van der Waals surface area contributed by atoms with Gasteiger partial charge in [-0.2, -0.15) is 5.10 Å². The number of hydrogen-bond acceptors (Lipinski definition) is 6. The third kappa shape index (κ3) is 3.09. The van der Waals surface area contributed by atoms with Gasteiger partial charge in [0, 0.05) is 22.7 Å². The molecule has 0 aliphatic carbocycles. The van der Waals surface area contributed by atoms with Gasteiger partial charge in [-0.25, -0.2) is 10.2 Å². The molecule has 0 aliphatic heterocycles. The number of anilines is 1. The minimum absolute atomic E-state index is 0.123. The van der Waals surface area contributed by atoms with Crippen LogP contribution in [-0.4, -0.2) is 17.2 Å². The highest BCUT2D eigenvalue weighted by atomic mass is 16.4. The molecule has 2 aromatic carbocycles. The van der Waals surface area contributed by atoms with Gasteiger partial charge in [0.05, 0.1) is 11.8 Å². The summed E-state index contributed by atoms with van der Waals surface area (Å²) in [5.74, 6) is -0.560. The summed E-state index contributed by atoms with van der Waals surface area (Å²) in [5.41, 5.74) is 8.66. The number of hydrazone groups is 1. The summed E-state index contributed by atoms with van der Waals surface area (Å²) >= 11 is 0. The maximum atomic E-state index is 11.9. The van der Waals surface area contributed by atoms with Crippen molar-refractivity contribution in [3.05, 3.63) is 70.1 Å². The first kappa shape index (κ1) is 15.3. The molecular formula is C17H13N3O4. The quantitative estimate of drug-likeness (QED) is 0.294. The van der Waals surface area contributed by atoms with Crippen LogP contribution in [0.1, 0.15) is 15.9 Å². The lowest BCUT2D eigenvalue weighted by Crippen LogP contribution is -2.17. The Hall–Kier alpha value is -3.61. The average Bonchev–Trinajstić information content (AvgIpc) is 2.57. The molecule has 0 unspecified atom stereocenters. The lowest BCUT2D eigenvalue weighted by molar-refractivity contribution is 0.0955. The van der Waals surface area contributed by atoms with Gasteiger partial charge in [0.2, 0.25) is 0 Å². The van der Waals surface area contributed by atoms with Crippen molar-refractivity contribution in [1.82, 2.24) is 5.43 Å². The number of hydrogen-bond donors (Lipinski definition) is 3. The Balaban J connectivity index is 1.86. The molecule has 4 N–H and O–H groups in total. The molecule has 3 rings (SSSR count). The molecule has 3 aromatic rings. The fourth-order valence-electron chi connectivity index (χ4n) is 2.12. The fourth-order valence-corrected chi connectivity index (χ4v) is 2.12. The summed E-state index contributed by atoms with van der Waals surface area (Å²) in [6.07, 6.45) is 1.22. The van der Waals surface area contributed by atoms with Crippen LogP contribution in [0.15, 0.2) is 62.8 Å². The molecule has 0 spiro atoms. The van der Waals surface area contributed by atoms with Gasteiger partial charge in [-0.05, 0) is 42.5 Å². The number of rotatable bonds is 3. The maximum absolute atomic E-state index is 11.9. The SMILES string of the molecule is Nc1ccc(C(=O)N/N=C/c2c(O)ccc3ccc(=O)oc23)cc1. The maximum Gasteiger partial charge on any atom is 0.336 e. The van der Waals surface area contributed by atoms with Gasteiger partial charge in [0.15, 0.2) is 5.58 Å². The normalized spacial score (nSPS) is 11.0. The Morgan fingerprint density at radius 2 is 1.83 bits per heavy atom. The van der Waals surface area contributed by atoms with E-state index in [1.54, 1.807) is 36.4 Å². The molecule has 24 heavy (non-hydrogen) atoms. The van der Waals surface area contributed by atoms with E-state index in [0.717, 1.165) is 0 Å². The number of nitrogens with two attached hydrogens (primary N) is 1. The van der Waals surface area contributed by atoms with E-state index in [2.05, 4.69) is 10.5 Å². The van der Waals surface area contributed by atoms with Gasteiger partial charge in [0.1, 0.15) is 5.75 Å². The number of aromatic hydroxyl groups is 1. The Kier molecular flexibility index (Phi) is 3.98. The number of fused-ring (bicyclic) bond motifs is 1. The Labute approximate surface area is 136 Å². The first-order valence-electron chi connectivity index (χ1n) is 6.99. The molecule has 7 nitrogen and oxygen atoms in total. The zero-order valence-corrected chi connectivity index (χ0v) is 12.4. The van der Waals surface area contributed by atoms with Gasteiger partial charge < -0.3 is 15.3 Å². The lowest BCUT2D eigenvalue weighted by atomic mass is 10.1. The molecule has 0 aliphatic rings. The summed E-state index contributed by atoms with van der Waals surface area (Å²) in [6, 6.07) is 12.2. The van der Waals surface area contributed by atoms with Gasteiger partial charge >= 0.3 is 5.63 Å². The first-order chi connectivity index (χ1) is 11.5. The molecule has 0 saturated carbocycles. The van der Waals surface area contributed by atoms with Gasteiger partial charge in [-0.3, -0.25) is 4.79 Å². The minimum atomic E-state index is -0.548. The third-order valence-electron chi connectivity index (χ3n) is 3.34. The number of phenols is 1. The van der Waals surface area contributed by atoms with E-state index in [4.69, 9.17) is 10.2 Å². The predicted molar refractivity (Wildman–Crippen MR) is 90.1 cm³/mol. The van der Waals surface area contributed by atoms with E-state index in [9.17, 15) is 14.7 Å². The number of nitrogens with one attached hydrogen (secondary N) is 1. The Morgan fingerprint density at radius 1 is 1.12 bits per heavy atom. The predicted octanol–water partition coefficient (Wildman–Crippen LogP) is 1.84. The number of benzene rings is 2. The van der Waals surface area contributed by atoms with Crippen LogP contribution in [0.5, 0.6) is 5.75 Å². The van der Waals surface area contributed by atoms with Gasteiger partial charge in [-0.1, -0.05) is 0 Å². The molecule has 7 heteroatoms. The summed E-state index contributed by atoms with van der Waals surface area (Å²) < 4.78 is 5.10. The molecule has 0 saturated heterocycles. The fraction of sp³-hybridized carbons (Fsp3) is 0. The van der Waals surface area contributed by atoms with Crippen molar-refractivity contribution in [2.75, 3.05) is 5.73 Å². The molecule has 0 fully saturated rings. The highest BCUT2D eigenvalue weighted by Gasteiger charge is 2.09. The van der Waals surface area contributed by atoms with Crippen molar-refractivity contribution in [3.63, 3.8) is 0 Å². The van der Waals surface area contributed by atoms with E-state index < -0.39 is 11.5 Å². The molecule has 1 aromatic heterocycles. The van der Waals surface area contributed by atoms with Crippen LogP contribution in [0.4, 0.5) is 5.69 Å². The third-order valence-corrected chi connectivity index (χ3v) is 3.34. The van der Waals surface area contributed by atoms with Crippen LogP contribution in [0.2, 0.25) is 0 Å². The molecule has 0 atom stereocenters. The summed E-state index contributed by atoms with van der Waals surface area (Å²) in [4.78, 5) is 23.3. The van der Waals surface area contributed by atoms with Crippen molar-refractivity contribution >= 4 is 28.8 Å². The summed E-state index contributed by atoms with van der Waals surface area (Å²) in [5, 5.41) is 14.4. The molecule has 1 amide bonds. The van der Waals surface area contributed by atoms with Gasteiger partial charge in [-0.15, -0.1) is 0 Å². The number of amides is 1. The number of nitrogen functional groups attached to an aromatic ring is 1. The number of phenolic OH excluding ortho intramolecular Hbond substituents is 1. The van der Waals surface area contributed by atoms with Crippen LogP contribution in [0.3, 0.4) is 0 Å². The lowest BCUT2D eigenvalue weighted by Gasteiger charge is -2.03. The van der Waals surface area contributed by atoms with E-state index >= 15 is 0 Å². The zero-order chi connectivity index (χ0) is 17.1. The van der Waals surface area contributed by atoms with E-state index in [-0.39, 0.29) is 16.9 Å². The summed E-state index contributed by atoms with van der Waals surface area (Å²) in [7, 11) is 0. The minimum Gasteiger partial charge on any atom is -0.507 e. The monoisotopic (exact) mass is 323 g/mol. The molecule has 120 valence electrons. The van der Waals surface area contributed by atoms with Crippen molar-refractivity contribution in [2.24, 2.45) is 5.10 Å². The highest BCUT2D eigenvalue weighted by Crippen LogP contribution is 2.24. The Bertz CT molecular complexity index is 991. The van der Waals surface area contributed by atoms with Crippen molar-refractivity contribution < 1.29 is 14.3 Å². The zero-order valence-electron chi connectivity index (χ0n) is 12.4. The van der Waals surface area contributed by atoms with E-state index in [1.807, 2.05) is 0 Å². The molecule has 0 bridgehead atoms.